The van der Waals surface area contributed by atoms with Crippen molar-refractivity contribution in [1.29, 1.82) is 0 Å². The average Bonchev–Trinajstić information content (AvgIpc) is 2.93. The van der Waals surface area contributed by atoms with Gasteiger partial charge in [-0.1, -0.05) is 18.5 Å². The van der Waals surface area contributed by atoms with E-state index in [9.17, 15) is 14.4 Å². The molecule has 0 aliphatic carbocycles. The van der Waals surface area contributed by atoms with Crippen LogP contribution in [0.2, 0.25) is 5.02 Å². The summed E-state index contributed by atoms with van der Waals surface area (Å²) in [7, 11) is 0. The molecular weight excluding hydrogens is 330 g/mol. The molecule has 0 spiro atoms. The van der Waals surface area contributed by atoms with Gasteiger partial charge in [0.15, 0.2) is 0 Å². The minimum atomic E-state index is -0.171. The lowest BCUT2D eigenvalue weighted by Gasteiger charge is -2.34. The van der Waals surface area contributed by atoms with Gasteiger partial charge in [-0.25, -0.2) is 0 Å². The van der Waals surface area contributed by atoms with Gasteiger partial charge in [-0.05, 0) is 24.6 Å². The lowest BCUT2D eigenvalue weighted by atomic mass is 9.92. The summed E-state index contributed by atoms with van der Waals surface area (Å²) in [6.45, 7) is 2.88. The monoisotopic (exact) mass is 349 g/mol. The van der Waals surface area contributed by atoms with Crippen LogP contribution < -0.4 is 10.6 Å². The van der Waals surface area contributed by atoms with Crippen LogP contribution in [0.4, 0.5) is 5.69 Å². The molecule has 0 saturated carbocycles. The highest BCUT2D eigenvalue weighted by Gasteiger charge is 2.38. The predicted molar refractivity (Wildman–Crippen MR) is 90.9 cm³/mol. The third-order valence-electron chi connectivity index (χ3n) is 4.62. The molecule has 7 heteroatoms. The summed E-state index contributed by atoms with van der Waals surface area (Å²) < 4.78 is 0. The summed E-state index contributed by atoms with van der Waals surface area (Å²) in [5, 5.41) is 6.15. The van der Waals surface area contributed by atoms with Crippen molar-refractivity contribution in [3.8, 4) is 0 Å². The molecule has 1 aromatic carbocycles. The van der Waals surface area contributed by atoms with E-state index in [-0.39, 0.29) is 29.7 Å². The van der Waals surface area contributed by atoms with Crippen molar-refractivity contribution in [1.82, 2.24) is 10.2 Å². The van der Waals surface area contributed by atoms with Crippen LogP contribution in [0.3, 0.4) is 0 Å². The Bertz CT molecular complexity index is 692. The first-order chi connectivity index (χ1) is 11.5. The van der Waals surface area contributed by atoms with Crippen LogP contribution in [-0.4, -0.2) is 41.8 Å². The highest BCUT2D eigenvalue weighted by Crippen LogP contribution is 2.28. The molecule has 24 heavy (non-hydrogen) atoms. The fourth-order valence-corrected chi connectivity index (χ4v) is 3.50. The minimum absolute atomic E-state index is 0.0571. The Balaban J connectivity index is 1.79. The van der Waals surface area contributed by atoms with E-state index in [1.54, 1.807) is 30.0 Å². The number of hydrogen-bond acceptors (Lipinski definition) is 3. The Labute approximate surface area is 145 Å². The third-order valence-corrected chi connectivity index (χ3v) is 4.86. The van der Waals surface area contributed by atoms with E-state index in [0.717, 1.165) is 6.42 Å². The molecule has 0 bridgehead atoms. The van der Waals surface area contributed by atoms with Crippen molar-refractivity contribution in [3.05, 3.63) is 28.8 Å². The normalized spacial score (nSPS) is 22.8. The second-order valence-electron chi connectivity index (χ2n) is 6.27. The summed E-state index contributed by atoms with van der Waals surface area (Å²) >= 11 is 6.00. The quantitative estimate of drug-likeness (QED) is 0.876. The Morgan fingerprint density at radius 3 is 2.96 bits per heavy atom. The van der Waals surface area contributed by atoms with E-state index in [2.05, 4.69) is 10.6 Å². The zero-order chi connectivity index (χ0) is 17.3. The Morgan fingerprint density at radius 2 is 2.21 bits per heavy atom. The Kier molecular flexibility index (Phi) is 4.76. The number of amides is 3. The van der Waals surface area contributed by atoms with Crippen molar-refractivity contribution in [2.75, 3.05) is 18.4 Å². The highest BCUT2D eigenvalue weighted by molar-refractivity contribution is 6.31. The topological polar surface area (TPSA) is 78.5 Å². The molecule has 0 radical (unpaired) electrons. The summed E-state index contributed by atoms with van der Waals surface area (Å²) in [6, 6.07) is 5.05. The first-order valence-corrected chi connectivity index (χ1v) is 8.53. The fraction of sp³-hybridized carbons (Fsp3) is 0.471. The number of nitrogens with zero attached hydrogens (tertiary/aromatic N) is 1. The van der Waals surface area contributed by atoms with Crippen LogP contribution in [0, 0.1) is 5.92 Å². The third kappa shape index (κ3) is 3.38. The molecule has 6 nitrogen and oxygen atoms in total. The summed E-state index contributed by atoms with van der Waals surface area (Å²) in [4.78, 5) is 37.9. The number of piperidine rings is 1. The molecule has 2 fully saturated rings. The number of fused-ring (bicyclic) bond motifs is 1. The molecule has 2 atom stereocenters. The van der Waals surface area contributed by atoms with Crippen molar-refractivity contribution < 1.29 is 14.4 Å². The van der Waals surface area contributed by atoms with Crippen molar-refractivity contribution >= 4 is 35.0 Å². The van der Waals surface area contributed by atoms with Gasteiger partial charge in [0.1, 0.15) is 0 Å². The summed E-state index contributed by atoms with van der Waals surface area (Å²) in [6.07, 6.45) is 1.54. The largest absolute Gasteiger partial charge is 0.353 e. The van der Waals surface area contributed by atoms with Crippen molar-refractivity contribution in [2.24, 2.45) is 5.92 Å². The minimum Gasteiger partial charge on any atom is -0.353 e. The molecule has 2 saturated heterocycles. The van der Waals surface area contributed by atoms with Crippen LogP contribution in [0.5, 0.6) is 0 Å². The number of likely N-dealkylation sites (tertiary alicyclic amines) is 1. The van der Waals surface area contributed by atoms with Gasteiger partial charge in [-0.3, -0.25) is 14.4 Å². The number of nitrogens with one attached hydrogen (secondary N) is 2. The number of anilines is 1. The van der Waals surface area contributed by atoms with Crippen LogP contribution >= 0.6 is 11.6 Å². The molecule has 3 amide bonds. The SMILES string of the molecule is CCC(=O)Nc1cc(Cl)ccc1C(=O)N1CC[C@@H]2NC(=O)C[C@@H]2C1. The molecule has 1 aromatic rings. The maximum absolute atomic E-state index is 12.9. The Morgan fingerprint density at radius 1 is 1.42 bits per heavy atom. The molecule has 2 heterocycles. The van der Waals surface area contributed by atoms with E-state index < -0.39 is 0 Å². The first-order valence-electron chi connectivity index (χ1n) is 8.16. The summed E-state index contributed by atoms with van der Waals surface area (Å²) in [5.74, 6) is -0.0932. The van der Waals surface area contributed by atoms with Crippen molar-refractivity contribution in [3.63, 3.8) is 0 Å². The van der Waals surface area contributed by atoms with Gasteiger partial charge in [0.05, 0.1) is 11.3 Å². The number of rotatable bonds is 3. The second-order valence-corrected chi connectivity index (χ2v) is 6.71. The summed E-state index contributed by atoms with van der Waals surface area (Å²) in [5.41, 5.74) is 0.860. The van der Waals surface area contributed by atoms with Crippen LogP contribution in [0.25, 0.3) is 0 Å². The number of carbonyl (C=O) groups is 3. The molecule has 2 N–H and O–H groups in total. The van der Waals surface area contributed by atoms with E-state index in [4.69, 9.17) is 11.6 Å². The zero-order valence-corrected chi connectivity index (χ0v) is 14.2. The van der Waals surface area contributed by atoms with Crippen LogP contribution in [0.15, 0.2) is 18.2 Å². The first kappa shape index (κ1) is 16.8. The smallest absolute Gasteiger partial charge is 0.255 e. The number of carbonyl (C=O) groups excluding carboxylic acids is 3. The molecule has 2 aliphatic heterocycles. The lowest BCUT2D eigenvalue weighted by Crippen LogP contribution is -2.47. The fourth-order valence-electron chi connectivity index (χ4n) is 3.33. The van der Waals surface area contributed by atoms with E-state index in [1.807, 2.05) is 0 Å². The molecule has 128 valence electrons. The van der Waals surface area contributed by atoms with E-state index in [0.29, 0.717) is 42.2 Å². The van der Waals surface area contributed by atoms with Gasteiger partial charge in [0.2, 0.25) is 11.8 Å². The molecule has 0 unspecified atom stereocenters. The van der Waals surface area contributed by atoms with Gasteiger partial charge in [-0.15, -0.1) is 0 Å². The molecule has 3 rings (SSSR count). The van der Waals surface area contributed by atoms with E-state index in [1.165, 1.54) is 0 Å². The number of hydrogen-bond donors (Lipinski definition) is 2. The maximum atomic E-state index is 12.9. The lowest BCUT2D eigenvalue weighted by molar-refractivity contribution is -0.119. The van der Waals surface area contributed by atoms with Gasteiger partial charge >= 0.3 is 0 Å². The van der Waals surface area contributed by atoms with Crippen molar-refractivity contribution in [2.45, 2.75) is 32.2 Å². The Hall–Kier alpha value is -2.08. The van der Waals surface area contributed by atoms with Gasteiger partial charge < -0.3 is 15.5 Å². The molecule has 2 aliphatic rings. The number of benzene rings is 1. The molecular formula is C17H20ClN3O3. The standard InChI is InChI=1S/C17H20ClN3O3/c1-2-15(22)20-14-8-11(18)3-4-12(14)17(24)21-6-5-13-10(9-21)7-16(23)19-13/h3-4,8,10,13H,2,5-7,9H2,1H3,(H,19,23)(H,20,22)/t10-,13+/m1/s1. The van der Waals surface area contributed by atoms with Gasteiger partial charge in [0.25, 0.3) is 5.91 Å². The second kappa shape index (κ2) is 6.81. The molecule has 0 aromatic heterocycles. The maximum Gasteiger partial charge on any atom is 0.255 e. The van der Waals surface area contributed by atoms with E-state index >= 15 is 0 Å². The zero-order valence-electron chi connectivity index (χ0n) is 13.5. The average molecular weight is 350 g/mol. The number of halogens is 1. The predicted octanol–water partition coefficient (Wildman–Crippen LogP) is 2.04. The highest BCUT2D eigenvalue weighted by atomic mass is 35.5. The van der Waals surface area contributed by atoms with Gasteiger partial charge in [0, 0.05) is 42.9 Å². The van der Waals surface area contributed by atoms with Crippen LogP contribution in [0.1, 0.15) is 36.5 Å². The van der Waals surface area contributed by atoms with Crippen LogP contribution in [-0.2, 0) is 9.59 Å². The van der Waals surface area contributed by atoms with Gasteiger partial charge in [-0.2, -0.15) is 0 Å².